The summed E-state index contributed by atoms with van der Waals surface area (Å²) in [5, 5.41) is 2.39. The second-order valence-electron chi connectivity index (χ2n) is 6.00. The van der Waals surface area contributed by atoms with E-state index in [4.69, 9.17) is 4.74 Å². The Morgan fingerprint density at radius 3 is 2.93 bits per heavy atom. The van der Waals surface area contributed by atoms with Crippen LogP contribution < -0.4 is 10.1 Å². The van der Waals surface area contributed by atoms with Gasteiger partial charge < -0.3 is 15.0 Å². The van der Waals surface area contributed by atoms with Crippen LogP contribution in [-0.2, 0) is 16.0 Å². The zero-order chi connectivity index (χ0) is 19.9. The van der Waals surface area contributed by atoms with Gasteiger partial charge in [-0.1, -0.05) is 18.2 Å². The van der Waals surface area contributed by atoms with E-state index in [1.807, 2.05) is 12.1 Å². The van der Waals surface area contributed by atoms with E-state index in [-0.39, 0.29) is 24.1 Å². The number of nitrogens with one attached hydrogen (secondary N) is 2. The van der Waals surface area contributed by atoms with Gasteiger partial charge in [-0.15, -0.1) is 0 Å². The maximum atomic E-state index is 12.5. The smallest absolute Gasteiger partial charge is 0.293 e. The molecule has 0 unspecified atom stereocenters. The number of nitrogens with zero attached hydrogens (tertiary/aromatic N) is 2. The number of H-pyrrole nitrogens is 1. The summed E-state index contributed by atoms with van der Waals surface area (Å²) < 4.78 is 5.27. The molecule has 2 N–H and O–H groups in total. The molecule has 3 amide bonds. The van der Waals surface area contributed by atoms with Crippen LogP contribution in [0.5, 0.6) is 5.75 Å². The Balaban J connectivity index is 1.53. The number of para-hydroxylation sites is 1. The number of hydrogen-bond acceptors (Lipinski definition) is 6. The molecule has 2 aromatic rings. The highest BCUT2D eigenvalue weighted by atomic mass is 32.2. The van der Waals surface area contributed by atoms with Gasteiger partial charge >= 0.3 is 0 Å². The summed E-state index contributed by atoms with van der Waals surface area (Å²) in [6.45, 7) is 0.500. The number of benzene rings is 1. The lowest BCUT2D eigenvalue weighted by atomic mass is 10.2. The first kappa shape index (κ1) is 19.7. The average Bonchev–Trinajstić information content (AvgIpc) is 3.29. The summed E-state index contributed by atoms with van der Waals surface area (Å²) in [6.07, 6.45) is 5.60. The highest BCUT2D eigenvalue weighted by Crippen LogP contribution is 2.33. The molecular weight excluding hydrogens is 380 g/mol. The van der Waals surface area contributed by atoms with Crippen LogP contribution >= 0.6 is 11.8 Å². The first-order chi connectivity index (χ1) is 13.6. The van der Waals surface area contributed by atoms with Gasteiger partial charge in [-0.2, -0.15) is 0 Å². The third-order valence-corrected chi connectivity index (χ3v) is 5.04. The van der Waals surface area contributed by atoms with Crippen molar-refractivity contribution in [2.24, 2.45) is 0 Å². The zero-order valence-corrected chi connectivity index (χ0v) is 16.1. The molecule has 1 aliphatic heterocycles. The normalized spacial score (nSPS) is 15.3. The van der Waals surface area contributed by atoms with Gasteiger partial charge in [-0.05, 0) is 23.9 Å². The van der Waals surface area contributed by atoms with E-state index in [0.29, 0.717) is 29.2 Å². The van der Waals surface area contributed by atoms with Crippen LogP contribution in [-0.4, -0.2) is 52.1 Å². The van der Waals surface area contributed by atoms with E-state index in [2.05, 4.69) is 15.3 Å². The Morgan fingerprint density at radius 2 is 2.18 bits per heavy atom. The minimum absolute atomic E-state index is 0.0455. The molecule has 0 radical (unpaired) electrons. The van der Waals surface area contributed by atoms with Crippen LogP contribution in [0.2, 0.25) is 0 Å². The summed E-state index contributed by atoms with van der Waals surface area (Å²) in [5.41, 5.74) is 1.64. The van der Waals surface area contributed by atoms with Gasteiger partial charge in [0.2, 0.25) is 5.91 Å². The topological polar surface area (TPSA) is 104 Å². The second kappa shape index (κ2) is 9.23. The highest BCUT2D eigenvalue weighted by Gasteiger charge is 2.35. The number of hydrogen-bond donors (Lipinski definition) is 2. The monoisotopic (exact) mass is 400 g/mol. The molecule has 1 aromatic carbocycles. The van der Waals surface area contributed by atoms with E-state index in [9.17, 15) is 14.4 Å². The fourth-order valence-electron chi connectivity index (χ4n) is 2.68. The number of ether oxygens (including phenoxy) is 1. The Labute approximate surface area is 166 Å². The van der Waals surface area contributed by atoms with Gasteiger partial charge in [0.25, 0.3) is 11.1 Å². The second-order valence-corrected chi connectivity index (χ2v) is 7.00. The third kappa shape index (κ3) is 4.80. The number of amides is 3. The maximum Gasteiger partial charge on any atom is 0.293 e. The minimum Gasteiger partial charge on any atom is -0.496 e. The summed E-state index contributed by atoms with van der Waals surface area (Å²) >= 11 is 0.864. The highest BCUT2D eigenvalue weighted by molar-refractivity contribution is 8.18. The number of aromatic nitrogens is 2. The van der Waals surface area contributed by atoms with Gasteiger partial charge in [0, 0.05) is 43.4 Å². The molecule has 0 spiro atoms. The molecule has 146 valence electrons. The third-order valence-electron chi connectivity index (χ3n) is 4.13. The molecule has 0 atom stereocenters. The molecule has 28 heavy (non-hydrogen) atoms. The summed E-state index contributed by atoms with van der Waals surface area (Å²) in [7, 11) is 1.54. The van der Waals surface area contributed by atoms with Gasteiger partial charge in [0.15, 0.2) is 0 Å². The average molecular weight is 400 g/mol. The summed E-state index contributed by atoms with van der Waals surface area (Å²) in [6, 6.07) is 7.24. The molecule has 3 rings (SSSR count). The molecule has 1 aromatic heterocycles. The van der Waals surface area contributed by atoms with Crippen molar-refractivity contribution < 1.29 is 19.1 Å². The summed E-state index contributed by atoms with van der Waals surface area (Å²) in [5.74, 6) is 0.00406. The molecule has 0 saturated carbocycles. The van der Waals surface area contributed by atoms with Crippen molar-refractivity contribution in [1.29, 1.82) is 0 Å². The molecule has 0 bridgehead atoms. The molecule has 8 nitrogen and oxygen atoms in total. The first-order valence-corrected chi connectivity index (χ1v) is 9.52. The van der Waals surface area contributed by atoms with E-state index < -0.39 is 5.91 Å². The van der Waals surface area contributed by atoms with Crippen LogP contribution in [0.15, 0.2) is 41.7 Å². The van der Waals surface area contributed by atoms with E-state index in [1.54, 1.807) is 37.8 Å². The van der Waals surface area contributed by atoms with Crippen molar-refractivity contribution in [3.05, 3.63) is 53.0 Å². The molecule has 9 heteroatoms. The quantitative estimate of drug-likeness (QED) is 0.659. The number of carbonyl (C=O) groups excluding carboxylic acids is 3. The Bertz CT molecular complexity index is 895. The minimum atomic E-state index is -0.397. The number of aromatic amines is 1. The Hall–Kier alpha value is -3.07. The summed E-state index contributed by atoms with van der Waals surface area (Å²) in [4.78, 5) is 45.0. The van der Waals surface area contributed by atoms with Crippen LogP contribution in [0.3, 0.4) is 0 Å². The molecule has 1 saturated heterocycles. The standard InChI is InChI=1S/C19H20N4O4S/c1-27-15-5-3-2-4-13(15)10-16-18(25)23(19(26)28-16)9-7-17(24)21-8-6-14-11-20-12-22-14/h2-5,10-12H,6-9H2,1H3,(H,20,22)(H,21,24). The number of carbonyl (C=O) groups is 3. The van der Waals surface area contributed by atoms with Gasteiger partial charge in [0.05, 0.1) is 18.3 Å². The van der Waals surface area contributed by atoms with Crippen LogP contribution in [0.4, 0.5) is 4.79 Å². The van der Waals surface area contributed by atoms with Crippen molar-refractivity contribution in [3.8, 4) is 5.75 Å². The molecule has 0 aliphatic carbocycles. The molecule has 1 aliphatic rings. The number of methoxy groups -OCH3 is 1. The van der Waals surface area contributed by atoms with E-state index in [1.165, 1.54) is 0 Å². The lowest BCUT2D eigenvalue weighted by molar-refractivity contribution is -0.124. The van der Waals surface area contributed by atoms with Crippen molar-refractivity contribution in [3.63, 3.8) is 0 Å². The maximum absolute atomic E-state index is 12.5. The Kier molecular flexibility index (Phi) is 6.49. The SMILES string of the molecule is COc1ccccc1C=C1SC(=O)N(CCC(=O)NCCc2cnc[nH]2)C1=O. The number of thioether (sulfide) groups is 1. The number of imidazole rings is 1. The lowest BCUT2D eigenvalue weighted by Crippen LogP contribution is -2.34. The Morgan fingerprint density at radius 1 is 1.36 bits per heavy atom. The molecule has 1 fully saturated rings. The fraction of sp³-hybridized carbons (Fsp3) is 0.263. The van der Waals surface area contributed by atoms with Crippen molar-refractivity contribution in [2.45, 2.75) is 12.8 Å². The van der Waals surface area contributed by atoms with Crippen molar-refractivity contribution >= 4 is 34.9 Å². The van der Waals surface area contributed by atoms with Crippen LogP contribution in [0.25, 0.3) is 6.08 Å². The van der Waals surface area contributed by atoms with Gasteiger partial charge in [-0.25, -0.2) is 4.98 Å². The van der Waals surface area contributed by atoms with Gasteiger partial charge in [0.1, 0.15) is 5.75 Å². The van der Waals surface area contributed by atoms with Crippen molar-refractivity contribution in [1.82, 2.24) is 20.2 Å². The molecular formula is C19H20N4O4S. The van der Waals surface area contributed by atoms with Crippen molar-refractivity contribution in [2.75, 3.05) is 20.2 Å². The van der Waals surface area contributed by atoms with Gasteiger partial charge in [-0.3, -0.25) is 19.3 Å². The molecule has 2 heterocycles. The van der Waals surface area contributed by atoms with E-state index >= 15 is 0 Å². The number of imide groups is 1. The van der Waals surface area contributed by atoms with Crippen LogP contribution in [0.1, 0.15) is 17.7 Å². The largest absolute Gasteiger partial charge is 0.496 e. The van der Waals surface area contributed by atoms with Crippen LogP contribution in [0, 0.1) is 0 Å². The van der Waals surface area contributed by atoms with E-state index in [0.717, 1.165) is 22.4 Å². The lowest BCUT2D eigenvalue weighted by Gasteiger charge is -2.12. The first-order valence-electron chi connectivity index (χ1n) is 8.71. The zero-order valence-electron chi connectivity index (χ0n) is 15.3. The predicted octanol–water partition coefficient (Wildman–Crippen LogP) is 2.20. The predicted molar refractivity (Wildman–Crippen MR) is 106 cm³/mol. The fourth-order valence-corrected chi connectivity index (χ4v) is 3.54. The number of rotatable bonds is 8.